The topological polar surface area (TPSA) is 0 Å². The lowest BCUT2D eigenvalue weighted by molar-refractivity contribution is 0.710. The van der Waals surface area contributed by atoms with Gasteiger partial charge in [-0.25, -0.2) is 0 Å². The molecule has 0 aromatic carbocycles. The first-order valence-electron chi connectivity index (χ1n) is 3.59. The van der Waals surface area contributed by atoms with Gasteiger partial charge in [-0.05, 0) is 18.9 Å². The van der Waals surface area contributed by atoms with Crippen molar-refractivity contribution in [3.63, 3.8) is 0 Å². The molecule has 0 saturated carbocycles. The van der Waals surface area contributed by atoms with Gasteiger partial charge < -0.3 is 0 Å². The fourth-order valence-corrected chi connectivity index (χ4v) is 2.32. The molecule has 10 heavy (non-hydrogen) atoms. The van der Waals surface area contributed by atoms with Crippen molar-refractivity contribution in [1.82, 2.24) is 0 Å². The van der Waals surface area contributed by atoms with Gasteiger partial charge in [0.15, 0.2) is 0 Å². The molecule has 1 unspecified atom stereocenters. The molecule has 0 bridgehead atoms. The van der Waals surface area contributed by atoms with E-state index in [-0.39, 0.29) is 0 Å². The lowest BCUT2D eigenvalue weighted by atomic mass is 10.2. The lowest BCUT2D eigenvalue weighted by Crippen LogP contribution is -1.98. The molecule has 0 aliphatic heterocycles. The first kappa shape index (κ1) is 11.1. The van der Waals surface area contributed by atoms with Crippen LogP contribution in [0.25, 0.3) is 0 Å². The Hall–Kier alpha value is 1.09. The van der Waals surface area contributed by atoms with Crippen LogP contribution in [0.1, 0.15) is 26.2 Å². The first-order valence-corrected chi connectivity index (χ1v) is 8.33. The number of hydrogen-bond donors (Lipinski definition) is 0. The average Bonchev–Trinajstić information content (AvgIpc) is 1.87. The fourth-order valence-electron chi connectivity index (χ4n) is 0.698. The van der Waals surface area contributed by atoms with Crippen LogP contribution >= 0.6 is 33.8 Å². The molecule has 0 heterocycles. The molecule has 0 N–H and O–H groups in total. The van der Waals surface area contributed by atoms with Crippen molar-refractivity contribution >= 4 is 41.2 Å². The highest BCUT2D eigenvalue weighted by molar-refractivity contribution is 7.33. The Balaban J connectivity index is 3.03. The summed E-state index contributed by atoms with van der Waals surface area (Å²) in [4.78, 5) is 0. The van der Waals surface area contributed by atoms with Crippen LogP contribution in [0.2, 0.25) is 6.04 Å². The fraction of sp³-hybridized carbons (Fsp3) is 1.00. The van der Waals surface area contributed by atoms with E-state index in [0.717, 1.165) is 25.3 Å². The zero-order valence-electron chi connectivity index (χ0n) is 6.12. The van der Waals surface area contributed by atoms with E-state index in [0.29, 0.717) is 5.38 Å². The van der Waals surface area contributed by atoms with Crippen LogP contribution in [0.5, 0.6) is 0 Å². The molecular weight excluding hydrogens is 207 g/mol. The van der Waals surface area contributed by atoms with E-state index in [1.165, 1.54) is 0 Å². The molecule has 0 aliphatic rings. The Morgan fingerprint density at radius 3 is 2.40 bits per heavy atom. The molecule has 0 fully saturated rings. The second-order valence-corrected chi connectivity index (χ2v) is 8.14. The molecule has 0 aromatic rings. The van der Waals surface area contributed by atoms with Gasteiger partial charge >= 0.3 is 0 Å². The predicted octanol–water partition coefficient (Wildman–Crippen LogP) is 3.48. The van der Waals surface area contributed by atoms with E-state index >= 15 is 0 Å². The second-order valence-electron chi connectivity index (χ2n) is 2.33. The third kappa shape index (κ3) is 7.20. The van der Waals surface area contributed by atoms with E-state index in [1.54, 1.807) is 0 Å². The van der Waals surface area contributed by atoms with Crippen molar-refractivity contribution in [2.24, 2.45) is 0 Å². The quantitative estimate of drug-likeness (QED) is 0.377. The van der Waals surface area contributed by atoms with Gasteiger partial charge in [-0.2, -0.15) is 22.2 Å². The van der Waals surface area contributed by atoms with Crippen LogP contribution in [-0.4, -0.2) is 12.8 Å². The highest BCUT2D eigenvalue weighted by atomic mass is 35.7. The Bertz CT molecular complexity index is 77.4. The summed E-state index contributed by atoms with van der Waals surface area (Å²) in [5.74, 6) is 0. The van der Waals surface area contributed by atoms with Gasteiger partial charge in [-0.15, -0.1) is 11.6 Å². The van der Waals surface area contributed by atoms with Crippen molar-refractivity contribution in [3.8, 4) is 0 Å². The van der Waals surface area contributed by atoms with Crippen molar-refractivity contribution in [1.29, 1.82) is 0 Å². The van der Waals surface area contributed by atoms with E-state index in [1.807, 2.05) is 0 Å². The van der Waals surface area contributed by atoms with E-state index in [2.05, 4.69) is 6.92 Å². The molecule has 0 radical (unpaired) electrons. The number of rotatable bonds is 5. The number of hydrogen-bond acceptors (Lipinski definition) is 0. The molecule has 4 heteroatoms. The normalized spacial score (nSPS) is 14.1. The maximum Gasteiger partial charge on any atom is 0.237 e. The van der Waals surface area contributed by atoms with Gasteiger partial charge in [-0.3, -0.25) is 0 Å². The maximum atomic E-state index is 5.88. The Morgan fingerprint density at radius 1 is 1.40 bits per heavy atom. The minimum atomic E-state index is -1.35. The lowest BCUT2D eigenvalue weighted by Gasteiger charge is -2.04. The van der Waals surface area contributed by atoms with Crippen LogP contribution in [-0.2, 0) is 0 Å². The van der Waals surface area contributed by atoms with Gasteiger partial charge in [0.25, 0.3) is 0 Å². The Kier molecular flexibility index (Phi) is 7.51. The van der Waals surface area contributed by atoms with Crippen LogP contribution in [0.15, 0.2) is 0 Å². The Labute approximate surface area is 78.9 Å². The second kappa shape index (κ2) is 6.78. The van der Waals surface area contributed by atoms with Crippen LogP contribution < -0.4 is 0 Å². The summed E-state index contributed by atoms with van der Waals surface area (Å²) in [6, 6.07) is 0.992. The van der Waals surface area contributed by atoms with Crippen molar-refractivity contribution < 1.29 is 0 Å². The van der Waals surface area contributed by atoms with Gasteiger partial charge in [-0.1, -0.05) is 13.3 Å². The highest BCUT2D eigenvalue weighted by Gasteiger charge is 2.04. The standard InChI is InChI=1S/C6H13Cl3Si/c1-2-6(7)4-3-5-10(8)9/h6,10H,2-5H2,1H3. The van der Waals surface area contributed by atoms with E-state index in [4.69, 9.17) is 33.8 Å². The summed E-state index contributed by atoms with van der Waals surface area (Å²) >= 11 is 17.2. The summed E-state index contributed by atoms with van der Waals surface area (Å²) in [5.41, 5.74) is 0. The zero-order chi connectivity index (χ0) is 7.98. The summed E-state index contributed by atoms with van der Waals surface area (Å²) in [6.07, 6.45) is 3.19. The van der Waals surface area contributed by atoms with Gasteiger partial charge in [0.1, 0.15) is 0 Å². The van der Waals surface area contributed by atoms with Gasteiger partial charge in [0.2, 0.25) is 7.42 Å². The molecule has 0 nitrogen and oxygen atoms in total. The van der Waals surface area contributed by atoms with Crippen molar-refractivity contribution in [3.05, 3.63) is 0 Å². The van der Waals surface area contributed by atoms with Crippen LogP contribution in [0.3, 0.4) is 0 Å². The first-order chi connectivity index (χ1) is 4.66. The van der Waals surface area contributed by atoms with Crippen LogP contribution in [0.4, 0.5) is 0 Å². The third-order valence-corrected chi connectivity index (χ3v) is 4.06. The molecule has 0 spiro atoms. The molecule has 0 amide bonds. The van der Waals surface area contributed by atoms with E-state index in [9.17, 15) is 0 Å². The minimum Gasteiger partial charge on any atom is -0.150 e. The van der Waals surface area contributed by atoms with E-state index < -0.39 is 7.42 Å². The SMILES string of the molecule is CCC(Cl)CCC[SiH](Cl)Cl. The summed E-state index contributed by atoms with van der Waals surface area (Å²) in [5, 5.41) is 0.320. The monoisotopic (exact) mass is 218 g/mol. The Morgan fingerprint density at radius 2 is 2.00 bits per heavy atom. The van der Waals surface area contributed by atoms with Crippen molar-refractivity contribution in [2.75, 3.05) is 0 Å². The zero-order valence-corrected chi connectivity index (χ0v) is 9.54. The van der Waals surface area contributed by atoms with Gasteiger partial charge in [0, 0.05) is 5.38 Å². The summed E-state index contributed by atoms with van der Waals surface area (Å²) in [7, 11) is -1.35. The molecule has 1 atom stereocenters. The highest BCUT2D eigenvalue weighted by Crippen LogP contribution is 2.14. The number of halogens is 3. The number of alkyl halides is 1. The molecule has 62 valence electrons. The molecule has 0 aliphatic carbocycles. The molecule has 0 saturated heterocycles. The largest absolute Gasteiger partial charge is 0.237 e. The third-order valence-electron chi connectivity index (χ3n) is 1.38. The minimum absolute atomic E-state index is 0.320. The molecule has 0 rings (SSSR count). The summed E-state index contributed by atoms with van der Waals surface area (Å²) < 4.78 is 0. The molecular formula is C6H13Cl3Si. The predicted molar refractivity (Wildman–Crippen MR) is 52.8 cm³/mol. The van der Waals surface area contributed by atoms with Gasteiger partial charge in [0.05, 0.1) is 0 Å². The van der Waals surface area contributed by atoms with Crippen LogP contribution in [0, 0.1) is 0 Å². The smallest absolute Gasteiger partial charge is 0.150 e. The van der Waals surface area contributed by atoms with Crippen molar-refractivity contribution in [2.45, 2.75) is 37.6 Å². The maximum absolute atomic E-state index is 5.88. The summed E-state index contributed by atoms with van der Waals surface area (Å²) in [6.45, 7) is 2.09. The average molecular weight is 220 g/mol. The molecule has 0 aromatic heterocycles.